The highest BCUT2D eigenvalue weighted by molar-refractivity contribution is 5.88. The molecule has 1 N–H and O–H groups in total. The maximum atomic E-state index is 11.7. The Morgan fingerprint density at radius 2 is 2.16 bits per heavy atom. The molecule has 0 bridgehead atoms. The number of fused-ring (bicyclic) bond motifs is 2. The first-order valence-corrected chi connectivity index (χ1v) is 6.50. The molecule has 0 radical (unpaired) electrons. The van der Waals surface area contributed by atoms with Gasteiger partial charge in [0, 0.05) is 10.9 Å². The molecule has 1 aliphatic rings. The minimum Gasteiger partial charge on any atom is -0.464 e. The smallest absolute Gasteiger partial charge is 0.225 e. The van der Waals surface area contributed by atoms with E-state index in [0.717, 1.165) is 29.4 Å². The van der Waals surface area contributed by atoms with Crippen LogP contribution < -0.4 is 5.32 Å². The van der Waals surface area contributed by atoms with Gasteiger partial charge in [-0.05, 0) is 42.5 Å². The van der Waals surface area contributed by atoms with Crippen LogP contribution in [0.3, 0.4) is 0 Å². The molecule has 3 nitrogen and oxygen atoms in total. The number of amides is 1. The van der Waals surface area contributed by atoms with Crippen molar-refractivity contribution in [3.63, 3.8) is 0 Å². The van der Waals surface area contributed by atoms with Crippen LogP contribution in [0.2, 0.25) is 0 Å². The van der Waals surface area contributed by atoms with Crippen molar-refractivity contribution in [2.75, 3.05) is 6.54 Å². The van der Waals surface area contributed by atoms with Crippen molar-refractivity contribution in [1.29, 1.82) is 0 Å². The number of terminal acetylenes is 1. The van der Waals surface area contributed by atoms with Crippen LogP contribution >= 0.6 is 0 Å². The van der Waals surface area contributed by atoms with E-state index in [2.05, 4.69) is 23.4 Å². The van der Waals surface area contributed by atoms with Crippen molar-refractivity contribution >= 4 is 16.9 Å². The highest BCUT2D eigenvalue weighted by atomic mass is 16.3. The minimum atomic E-state index is -0.0684. The number of carbonyl (C=O) groups excluding carboxylic acids is 1. The van der Waals surface area contributed by atoms with Gasteiger partial charge in [-0.25, -0.2) is 0 Å². The molecule has 19 heavy (non-hydrogen) atoms. The zero-order chi connectivity index (χ0) is 13.2. The lowest BCUT2D eigenvalue weighted by atomic mass is 10.0. The summed E-state index contributed by atoms with van der Waals surface area (Å²) < 4.78 is 5.56. The third kappa shape index (κ3) is 2.22. The number of carbonyl (C=O) groups is 1. The van der Waals surface area contributed by atoms with E-state index in [9.17, 15) is 4.79 Å². The largest absolute Gasteiger partial charge is 0.464 e. The summed E-state index contributed by atoms with van der Waals surface area (Å²) in [6.45, 7) is 0.268. The summed E-state index contributed by atoms with van der Waals surface area (Å²) in [5.74, 6) is 2.33. The topological polar surface area (TPSA) is 42.2 Å². The van der Waals surface area contributed by atoms with Gasteiger partial charge in [0.15, 0.2) is 0 Å². The number of benzene rings is 1. The lowest BCUT2D eigenvalue weighted by Crippen LogP contribution is -2.25. The maximum absolute atomic E-state index is 11.7. The highest BCUT2D eigenvalue weighted by Crippen LogP contribution is 2.30. The van der Waals surface area contributed by atoms with Crippen molar-refractivity contribution < 1.29 is 9.21 Å². The minimum absolute atomic E-state index is 0.0684. The lowest BCUT2D eigenvalue weighted by molar-refractivity contribution is -0.120. The van der Waals surface area contributed by atoms with Crippen molar-refractivity contribution in [2.45, 2.75) is 25.7 Å². The van der Waals surface area contributed by atoms with Crippen LogP contribution in [-0.4, -0.2) is 12.5 Å². The Kier molecular flexibility index (Phi) is 3.00. The number of aryl methyl sites for hydroxylation is 2. The SMILES string of the molecule is C#CCNC(=O)Cc1coc2cc3c(cc12)CCC3. The van der Waals surface area contributed by atoms with E-state index in [1.54, 1.807) is 6.26 Å². The maximum Gasteiger partial charge on any atom is 0.225 e. The zero-order valence-corrected chi connectivity index (χ0v) is 10.7. The molecule has 3 rings (SSSR count). The van der Waals surface area contributed by atoms with E-state index in [1.165, 1.54) is 17.5 Å². The average molecular weight is 253 g/mol. The fourth-order valence-corrected chi connectivity index (χ4v) is 2.67. The van der Waals surface area contributed by atoms with Gasteiger partial charge in [-0.2, -0.15) is 0 Å². The van der Waals surface area contributed by atoms with Gasteiger partial charge in [-0.1, -0.05) is 5.92 Å². The Morgan fingerprint density at radius 3 is 2.95 bits per heavy atom. The summed E-state index contributed by atoms with van der Waals surface area (Å²) in [5, 5.41) is 3.72. The van der Waals surface area contributed by atoms with Gasteiger partial charge >= 0.3 is 0 Å². The highest BCUT2D eigenvalue weighted by Gasteiger charge is 2.16. The van der Waals surface area contributed by atoms with E-state index in [-0.39, 0.29) is 12.5 Å². The van der Waals surface area contributed by atoms with Crippen LogP contribution in [0.25, 0.3) is 11.0 Å². The fourth-order valence-electron chi connectivity index (χ4n) is 2.67. The van der Waals surface area contributed by atoms with Crippen molar-refractivity contribution in [3.8, 4) is 12.3 Å². The number of hydrogen-bond acceptors (Lipinski definition) is 2. The summed E-state index contributed by atoms with van der Waals surface area (Å²) >= 11 is 0. The summed E-state index contributed by atoms with van der Waals surface area (Å²) in [4.78, 5) is 11.7. The summed E-state index contributed by atoms with van der Waals surface area (Å²) in [6.07, 6.45) is 10.6. The first kappa shape index (κ1) is 11.9. The molecular weight excluding hydrogens is 238 g/mol. The van der Waals surface area contributed by atoms with Gasteiger partial charge < -0.3 is 9.73 Å². The monoisotopic (exact) mass is 253 g/mol. The van der Waals surface area contributed by atoms with E-state index in [4.69, 9.17) is 10.8 Å². The second kappa shape index (κ2) is 4.81. The van der Waals surface area contributed by atoms with E-state index in [0.29, 0.717) is 6.42 Å². The Hall–Kier alpha value is -2.21. The average Bonchev–Trinajstić information content (AvgIpc) is 3.01. The number of hydrogen-bond donors (Lipinski definition) is 1. The van der Waals surface area contributed by atoms with Crippen LogP contribution in [0.15, 0.2) is 22.8 Å². The van der Waals surface area contributed by atoms with E-state index >= 15 is 0 Å². The number of rotatable bonds is 3. The fraction of sp³-hybridized carbons (Fsp3) is 0.312. The molecule has 0 unspecified atom stereocenters. The molecule has 1 aliphatic carbocycles. The molecule has 2 aromatic rings. The molecule has 0 saturated carbocycles. The molecule has 1 aromatic carbocycles. The van der Waals surface area contributed by atoms with E-state index in [1.807, 2.05) is 0 Å². The summed E-state index contributed by atoms with van der Waals surface area (Å²) in [7, 11) is 0. The molecule has 0 aliphatic heterocycles. The Bertz CT molecular complexity index is 676. The van der Waals surface area contributed by atoms with Gasteiger partial charge in [-0.15, -0.1) is 6.42 Å². The first-order valence-electron chi connectivity index (χ1n) is 6.50. The van der Waals surface area contributed by atoms with Gasteiger partial charge in [0.2, 0.25) is 5.91 Å². The van der Waals surface area contributed by atoms with Crippen LogP contribution in [0.1, 0.15) is 23.1 Å². The zero-order valence-electron chi connectivity index (χ0n) is 10.7. The Morgan fingerprint density at radius 1 is 1.37 bits per heavy atom. The number of nitrogens with one attached hydrogen (secondary N) is 1. The second-order valence-electron chi connectivity index (χ2n) is 4.89. The van der Waals surface area contributed by atoms with Gasteiger partial charge in [-0.3, -0.25) is 4.79 Å². The predicted molar refractivity (Wildman–Crippen MR) is 73.8 cm³/mol. The normalized spacial score (nSPS) is 13.2. The molecule has 96 valence electrons. The molecule has 0 spiro atoms. The molecular formula is C16H15NO2. The molecule has 3 heteroatoms. The summed E-state index contributed by atoms with van der Waals surface area (Å²) in [6, 6.07) is 4.28. The molecule has 0 saturated heterocycles. The quantitative estimate of drug-likeness (QED) is 0.852. The van der Waals surface area contributed by atoms with Gasteiger partial charge in [0.25, 0.3) is 0 Å². The Balaban J connectivity index is 1.88. The van der Waals surface area contributed by atoms with Gasteiger partial charge in [0.05, 0.1) is 19.2 Å². The molecule has 1 amide bonds. The third-order valence-corrected chi connectivity index (χ3v) is 3.61. The molecule has 1 aromatic heterocycles. The van der Waals surface area contributed by atoms with Crippen LogP contribution in [0, 0.1) is 12.3 Å². The van der Waals surface area contributed by atoms with Crippen LogP contribution in [0.4, 0.5) is 0 Å². The van der Waals surface area contributed by atoms with Crippen molar-refractivity contribution in [1.82, 2.24) is 5.32 Å². The summed E-state index contributed by atoms with van der Waals surface area (Å²) in [5.41, 5.74) is 4.57. The molecule has 0 atom stereocenters. The number of furan rings is 1. The van der Waals surface area contributed by atoms with Crippen LogP contribution in [-0.2, 0) is 24.1 Å². The van der Waals surface area contributed by atoms with E-state index < -0.39 is 0 Å². The Labute approximate surface area is 112 Å². The third-order valence-electron chi connectivity index (χ3n) is 3.61. The lowest BCUT2D eigenvalue weighted by Gasteiger charge is -2.02. The van der Waals surface area contributed by atoms with Crippen molar-refractivity contribution in [3.05, 3.63) is 35.1 Å². The molecule has 0 fully saturated rings. The van der Waals surface area contributed by atoms with Crippen molar-refractivity contribution in [2.24, 2.45) is 0 Å². The first-order chi connectivity index (χ1) is 9.28. The standard InChI is InChI=1S/C16H15NO2/c1-2-6-17-16(18)9-13-10-19-15-8-12-5-3-4-11(12)7-14(13)15/h1,7-8,10H,3-6,9H2,(H,17,18). The van der Waals surface area contributed by atoms with Crippen LogP contribution in [0.5, 0.6) is 0 Å². The predicted octanol–water partition coefficient (Wildman–Crippen LogP) is 2.21. The second-order valence-corrected chi connectivity index (χ2v) is 4.89. The van der Waals surface area contributed by atoms with Gasteiger partial charge in [0.1, 0.15) is 5.58 Å². The molecule has 1 heterocycles.